The average molecular weight is 435 g/mol. The van der Waals surface area contributed by atoms with Crippen molar-refractivity contribution < 1.29 is 22.8 Å². The molecule has 0 spiro atoms. The average Bonchev–Trinajstić information content (AvgIpc) is 2.91. The molecule has 2 aromatic rings. The van der Waals surface area contributed by atoms with Crippen LogP contribution in [0.25, 0.3) is 6.08 Å². The van der Waals surface area contributed by atoms with Gasteiger partial charge in [-0.2, -0.15) is 0 Å². The molecule has 150 valence electrons. The maximum absolute atomic E-state index is 12.4. The molecule has 3 rings (SSSR count). The molecule has 0 bridgehead atoms. The van der Waals surface area contributed by atoms with Crippen LogP contribution in [0.2, 0.25) is 5.02 Å². The van der Waals surface area contributed by atoms with Crippen molar-refractivity contribution in [1.82, 2.24) is 10.2 Å². The van der Waals surface area contributed by atoms with Crippen LogP contribution in [0.15, 0.2) is 59.1 Å². The maximum atomic E-state index is 12.4. The summed E-state index contributed by atoms with van der Waals surface area (Å²) in [5.41, 5.74) is 0.966. The number of nitrogens with one attached hydrogen (secondary N) is 2. The van der Waals surface area contributed by atoms with Crippen LogP contribution in [0.3, 0.4) is 0 Å². The van der Waals surface area contributed by atoms with E-state index in [1.807, 2.05) is 0 Å². The second kappa shape index (κ2) is 8.03. The highest BCUT2D eigenvalue weighted by molar-refractivity contribution is 7.89. The predicted molar refractivity (Wildman–Crippen MR) is 106 cm³/mol. The van der Waals surface area contributed by atoms with E-state index in [9.17, 15) is 22.8 Å². The second-order valence-electron chi connectivity index (χ2n) is 6.05. The fraction of sp³-hybridized carbons (Fsp3) is 0.0556. The lowest BCUT2D eigenvalue weighted by atomic mass is 10.2. The number of anilines is 1. The van der Waals surface area contributed by atoms with Crippen LogP contribution < -0.4 is 15.8 Å². The van der Waals surface area contributed by atoms with Gasteiger partial charge in [0.05, 0.1) is 4.90 Å². The number of imide groups is 1. The standard InChI is InChI=1S/C18H15ClN4O5S/c19-12-3-1-11(2-4-12)9-15-17(25)23(18(26)22-15)10-16(24)21-13-5-7-14(8-6-13)29(20,27)28/h1-9H,10H2,(H,21,24)(H,22,26)(H2,20,27,28)/b15-9-. The zero-order chi connectivity index (χ0) is 21.2. The number of hydrogen-bond acceptors (Lipinski definition) is 5. The van der Waals surface area contributed by atoms with Gasteiger partial charge in [0.15, 0.2) is 0 Å². The van der Waals surface area contributed by atoms with E-state index < -0.39 is 34.4 Å². The summed E-state index contributed by atoms with van der Waals surface area (Å²) in [7, 11) is -3.85. The van der Waals surface area contributed by atoms with E-state index in [0.717, 1.165) is 4.90 Å². The summed E-state index contributed by atoms with van der Waals surface area (Å²) >= 11 is 5.81. The number of rotatable bonds is 5. The molecule has 4 amide bonds. The Morgan fingerprint density at radius 3 is 2.31 bits per heavy atom. The summed E-state index contributed by atoms with van der Waals surface area (Å²) in [5, 5.41) is 10.4. The number of sulfonamides is 1. The van der Waals surface area contributed by atoms with Crippen LogP contribution in [0.4, 0.5) is 10.5 Å². The Balaban J connectivity index is 1.66. The van der Waals surface area contributed by atoms with Gasteiger partial charge in [0.2, 0.25) is 15.9 Å². The van der Waals surface area contributed by atoms with Gasteiger partial charge in [0.25, 0.3) is 5.91 Å². The van der Waals surface area contributed by atoms with Crippen molar-refractivity contribution in [3.05, 3.63) is 64.8 Å². The van der Waals surface area contributed by atoms with Gasteiger partial charge in [-0.15, -0.1) is 0 Å². The molecule has 2 aromatic carbocycles. The summed E-state index contributed by atoms with van der Waals surface area (Å²) < 4.78 is 22.5. The molecule has 0 saturated carbocycles. The molecule has 1 aliphatic rings. The minimum Gasteiger partial charge on any atom is -0.325 e. The molecule has 0 aliphatic carbocycles. The predicted octanol–water partition coefficient (Wildman–Crippen LogP) is 1.52. The van der Waals surface area contributed by atoms with Crippen LogP contribution in [0.1, 0.15) is 5.56 Å². The number of nitrogens with zero attached hydrogens (tertiary/aromatic N) is 1. The molecule has 0 aromatic heterocycles. The highest BCUT2D eigenvalue weighted by Crippen LogP contribution is 2.17. The molecular formula is C18H15ClN4O5S. The van der Waals surface area contributed by atoms with E-state index in [1.54, 1.807) is 24.3 Å². The molecule has 4 N–H and O–H groups in total. The Morgan fingerprint density at radius 2 is 1.72 bits per heavy atom. The lowest BCUT2D eigenvalue weighted by Gasteiger charge is -2.12. The van der Waals surface area contributed by atoms with Crippen molar-refractivity contribution in [3.63, 3.8) is 0 Å². The van der Waals surface area contributed by atoms with Crippen molar-refractivity contribution >= 4 is 51.2 Å². The fourth-order valence-electron chi connectivity index (χ4n) is 2.51. The molecule has 1 saturated heterocycles. The molecule has 0 unspecified atom stereocenters. The van der Waals surface area contributed by atoms with E-state index in [1.165, 1.54) is 30.3 Å². The van der Waals surface area contributed by atoms with Crippen molar-refractivity contribution in [2.24, 2.45) is 5.14 Å². The number of primary sulfonamides is 1. The number of hydrogen-bond donors (Lipinski definition) is 3. The maximum Gasteiger partial charge on any atom is 0.329 e. The number of carbonyl (C=O) groups excluding carboxylic acids is 3. The van der Waals surface area contributed by atoms with Crippen LogP contribution in [-0.4, -0.2) is 37.7 Å². The summed E-state index contributed by atoms with van der Waals surface area (Å²) in [6.45, 7) is -0.514. The number of carbonyl (C=O) groups is 3. The number of halogens is 1. The lowest BCUT2D eigenvalue weighted by molar-refractivity contribution is -0.127. The highest BCUT2D eigenvalue weighted by atomic mass is 35.5. The van der Waals surface area contributed by atoms with Crippen LogP contribution in [0.5, 0.6) is 0 Å². The van der Waals surface area contributed by atoms with Crippen LogP contribution >= 0.6 is 11.6 Å². The van der Waals surface area contributed by atoms with Gasteiger partial charge in [-0.25, -0.2) is 23.3 Å². The van der Waals surface area contributed by atoms with Crippen LogP contribution in [0, 0.1) is 0 Å². The third kappa shape index (κ3) is 4.99. The van der Waals surface area contributed by atoms with E-state index in [0.29, 0.717) is 10.6 Å². The van der Waals surface area contributed by atoms with Gasteiger partial charge in [0, 0.05) is 10.7 Å². The topological polar surface area (TPSA) is 139 Å². The van der Waals surface area contributed by atoms with Gasteiger partial charge in [-0.3, -0.25) is 9.59 Å². The van der Waals surface area contributed by atoms with E-state index >= 15 is 0 Å². The normalized spacial score (nSPS) is 15.5. The fourth-order valence-corrected chi connectivity index (χ4v) is 3.15. The second-order valence-corrected chi connectivity index (χ2v) is 8.05. The van der Waals surface area contributed by atoms with Crippen molar-refractivity contribution in [2.45, 2.75) is 4.90 Å². The quantitative estimate of drug-likeness (QED) is 0.483. The Kier molecular flexibility index (Phi) is 5.69. The molecule has 9 nitrogen and oxygen atoms in total. The third-order valence-corrected chi connectivity index (χ3v) is 5.09. The van der Waals surface area contributed by atoms with E-state index in [2.05, 4.69) is 10.6 Å². The first-order chi connectivity index (χ1) is 13.6. The van der Waals surface area contributed by atoms with Gasteiger partial charge in [-0.1, -0.05) is 23.7 Å². The van der Waals surface area contributed by atoms with E-state index in [-0.39, 0.29) is 16.3 Å². The Hall–Kier alpha value is -3.21. The number of nitrogens with two attached hydrogens (primary N) is 1. The van der Waals surface area contributed by atoms with Crippen molar-refractivity contribution in [3.8, 4) is 0 Å². The van der Waals surface area contributed by atoms with Crippen LogP contribution in [-0.2, 0) is 19.6 Å². The molecule has 29 heavy (non-hydrogen) atoms. The minimum absolute atomic E-state index is 0.0302. The summed E-state index contributed by atoms with van der Waals surface area (Å²) in [6, 6.07) is 11.0. The first-order valence-electron chi connectivity index (χ1n) is 8.16. The minimum atomic E-state index is -3.85. The molecule has 1 fully saturated rings. The molecule has 0 radical (unpaired) electrons. The number of benzene rings is 2. The summed E-state index contributed by atoms with van der Waals surface area (Å²) in [4.78, 5) is 37.3. The number of amides is 4. The summed E-state index contributed by atoms with van der Waals surface area (Å²) in [6.07, 6.45) is 1.47. The van der Waals surface area contributed by atoms with Gasteiger partial charge < -0.3 is 10.6 Å². The molecule has 11 heteroatoms. The number of urea groups is 1. The first-order valence-corrected chi connectivity index (χ1v) is 10.1. The van der Waals surface area contributed by atoms with Gasteiger partial charge in [0.1, 0.15) is 12.2 Å². The molecule has 0 atom stereocenters. The first kappa shape index (κ1) is 20.5. The highest BCUT2D eigenvalue weighted by Gasteiger charge is 2.34. The zero-order valence-corrected chi connectivity index (χ0v) is 16.3. The van der Waals surface area contributed by atoms with Crippen molar-refractivity contribution in [1.29, 1.82) is 0 Å². The van der Waals surface area contributed by atoms with E-state index in [4.69, 9.17) is 16.7 Å². The zero-order valence-electron chi connectivity index (χ0n) is 14.8. The monoisotopic (exact) mass is 434 g/mol. The van der Waals surface area contributed by atoms with Crippen molar-refractivity contribution in [2.75, 3.05) is 11.9 Å². The van der Waals surface area contributed by atoms with Gasteiger partial charge >= 0.3 is 6.03 Å². The Labute approximate surface area is 171 Å². The Morgan fingerprint density at radius 1 is 1.10 bits per heavy atom. The SMILES string of the molecule is NS(=O)(=O)c1ccc(NC(=O)CN2C(=O)N/C(=C\c3ccc(Cl)cc3)C2=O)cc1. The largest absolute Gasteiger partial charge is 0.329 e. The van der Waals surface area contributed by atoms with Gasteiger partial charge in [-0.05, 0) is 48.0 Å². The third-order valence-electron chi connectivity index (χ3n) is 3.91. The molecule has 1 heterocycles. The molecule has 1 aliphatic heterocycles. The smallest absolute Gasteiger partial charge is 0.325 e. The molecular weight excluding hydrogens is 420 g/mol. The Bertz CT molecular complexity index is 1110. The summed E-state index contributed by atoms with van der Waals surface area (Å²) in [5.74, 6) is -1.28. The lowest BCUT2D eigenvalue weighted by Crippen LogP contribution is -2.38.